The van der Waals surface area contributed by atoms with Crippen molar-refractivity contribution < 1.29 is 4.79 Å². The van der Waals surface area contributed by atoms with Gasteiger partial charge in [0.05, 0.1) is 5.69 Å². The van der Waals surface area contributed by atoms with Crippen LogP contribution in [0.5, 0.6) is 0 Å². The number of carbonyl (C=O) groups excluding carboxylic acids is 1. The molecule has 0 saturated heterocycles. The van der Waals surface area contributed by atoms with Gasteiger partial charge in [0.15, 0.2) is 9.78 Å². The minimum atomic E-state index is -0.109. The van der Waals surface area contributed by atoms with Crippen LogP contribution in [0.25, 0.3) is 22.6 Å². The van der Waals surface area contributed by atoms with Crippen molar-refractivity contribution >= 4 is 35.1 Å². The minimum absolute atomic E-state index is 0.109. The molecule has 0 bridgehead atoms. The van der Waals surface area contributed by atoms with Crippen molar-refractivity contribution in [3.8, 4) is 22.6 Å². The second-order valence-corrected chi connectivity index (χ2v) is 9.87. The van der Waals surface area contributed by atoms with E-state index in [1.54, 1.807) is 0 Å². The minimum Gasteiger partial charge on any atom is -0.325 e. The highest BCUT2D eigenvalue weighted by Gasteiger charge is 2.16. The monoisotopic (exact) mass is 475 g/mol. The highest BCUT2D eigenvalue weighted by molar-refractivity contribution is 7.73. The van der Waals surface area contributed by atoms with Crippen LogP contribution >= 0.6 is 23.6 Å². The maximum atomic E-state index is 12.8. The predicted molar refractivity (Wildman–Crippen MR) is 135 cm³/mol. The van der Waals surface area contributed by atoms with Crippen LogP contribution in [0.3, 0.4) is 0 Å². The Hall–Kier alpha value is -3.10. The molecule has 0 spiro atoms. The summed E-state index contributed by atoms with van der Waals surface area (Å²) in [5.41, 5.74) is 4.97. The van der Waals surface area contributed by atoms with Crippen LogP contribution in [0.4, 0.5) is 5.69 Å². The first-order valence-electron chi connectivity index (χ1n) is 11.2. The largest absolute Gasteiger partial charge is 0.325 e. The molecule has 0 aliphatic carbocycles. The molecule has 33 heavy (non-hydrogen) atoms. The Bertz CT molecular complexity index is 1330. The summed E-state index contributed by atoms with van der Waals surface area (Å²) in [4.78, 5) is 12.8. The molecule has 0 radical (unpaired) electrons. The first kappa shape index (κ1) is 21.7. The number of thiazole rings is 1. The molecule has 0 unspecified atom stereocenters. The molecule has 1 aliphatic heterocycles. The number of nitrogens with zero attached hydrogens (tertiary/aromatic N) is 4. The van der Waals surface area contributed by atoms with E-state index in [0.29, 0.717) is 3.95 Å². The number of nitrogens with one attached hydrogen (secondary N) is 1. The van der Waals surface area contributed by atoms with Crippen LogP contribution in [-0.2, 0) is 24.3 Å². The van der Waals surface area contributed by atoms with Crippen LogP contribution in [0.1, 0.15) is 30.7 Å². The average molecular weight is 476 g/mol. The normalized spacial score (nSPS) is 13.4. The van der Waals surface area contributed by atoms with E-state index in [-0.39, 0.29) is 12.5 Å². The third-order valence-corrected chi connectivity index (χ3v) is 7.24. The summed E-state index contributed by atoms with van der Waals surface area (Å²) in [6.45, 7) is 3.19. The highest BCUT2D eigenvalue weighted by Crippen LogP contribution is 2.26. The quantitative estimate of drug-likeness (QED) is 0.366. The van der Waals surface area contributed by atoms with Gasteiger partial charge in [-0.05, 0) is 61.8 Å². The summed E-state index contributed by atoms with van der Waals surface area (Å²) in [6.07, 6.45) is 4.54. The lowest BCUT2D eigenvalue weighted by Crippen LogP contribution is -2.19. The maximum absolute atomic E-state index is 12.8. The Balaban J connectivity index is 1.30. The second kappa shape index (κ2) is 9.41. The van der Waals surface area contributed by atoms with Gasteiger partial charge in [-0.25, -0.2) is 0 Å². The van der Waals surface area contributed by atoms with Gasteiger partial charge in [0.1, 0.15) is 12.4 Å². The molecule has 1 N–H and O–H groups in total. The van der Waals surface area contributed by atoms with Gasteiger partial charge < -0.3 is 14.5 Å². The number of rotatable bonds is 5. The summed E-state index contributed by atoms with van der Waals surface area (Å²) in [6, 6.07) is 16.1. The number of hydrogen-bond acceptors (Lipinski definition) is 5. The number of amides is 1. The van der Waals surface area contributed by atoms with Crippen LogP contribution in [0.2, 0.25) is 0 Å². The Morgan fingerprint density at radius 3 is 2.58 bits per heavy atom. The van der Waals surface area contributed by atoms with Gasteiger partial charge in [0.25, 0.3) is 0 Å². The number of benzene rings is 2. The summed E-state index contributed by atoms with van der Waals surface area (Å²) in [7, 11) is 0. The smallest absolute Gasteiger partial charge is 0.244 e. The van der Waals surface area contributed by atoms with E-state index in [0.717, 1.165) is 53.5 Å². The second-order valence-electron chi connectivity index (χ2n) is 8.37. The third kappa shape index (κ3) is 4.67. The van der Waals surface area contributed by atoms with Crippen LogP contribution < -0.4 is 5.32 Å². The van der Waals surface area contributed by atoms with Crippen molar-refractivity contribution in [3.63, 3.8) is 0 Å². The molecule has 2 aromatic heterocycles. The predicted octanol–water partition coefficient (Wildman–Crippen LogP) is 5.88. The van der Waals surface area contributed by atoms with E-state index in [1.165, 1.54) is 29.7 Å². The number of aryl methyl sites for hydroxylation is 2. The molecule has 168 valence electrons. The van der Waals surface area contributed by atoms with Gasteiger partial charge in [-0.1, -0.05) is 36.2 Å². The molecule has 0 atom stereocenters. The Morgan fingerprint density at radius 2 is 1.79 bits per heavy atom. The number of carbonyl (C=O) groups is 1. The van der Waals surface area contributed by atoms with Crippen LogP contribution in [-0.4, -0.2) is 25.2 Å². The summed E-state index contributed by atoms with van der Waals surface area (Å²) < 4.78 is 4.80. The highest BCUT2D eigenvalue weighted by atomic mass is 32.1. The van der Waals surface area contributed by atoms with Crippen molar-refractivity contribution in [2.75, 3.05) is 5.32 Å². The summed E-state index contributed by atoms with van der Waals surface area (Å²) in [5, 5.41) is 13.8. The van der Waals surface area contributed by atoms with E-state index in [4.69, 9.17) is 12.2 Å². The van der Waals surface area contributed by atoms with Gasteiger partial charge >= 0.3 is 0 Å². The fourth-order valence-corrected chi connectivity index (χ4v) is 5.25. The number of fused-ring (bicyclic) bond motifs is 1. The van der Waals surface area contributed by atoms with Crippen molar-refractivity contribution in [1.82, 2.24) is 19.3 Å². The topological polar surface area (TPSA) is 64.7 Å². The van der Waals surface area contributed by atoms with E-state index in [2.05, 4.69) is 51.3 Å². The van der Waals surface area contributed by atoms with E-state index >= 15 is 0 Å². The van der Waals surface area contributed by atoms with E-state index in [1.807, 2.05) is 34.2 Å². The lowest BCUT2D eigenvalue weighted by atomic mass is 10.1. The van der Waals surface area contributed by atoms with Crippen molar-refractivity contribution in [3.05, 3.63) is 69.3 Å². The first-order valence-corrected chi connectivity index (χ1v) is 12.4. The fourth-order valence-electron chi connectivity index (χ4n) is 4.18. The molecular formula is C25H25N5OS2. The Labute approximate surface area is 201 Å². The van der Waals surface area contributed by atoms with Gasteiger partial charge in [-0.3, -0.25) is 4.79 Å². The molecule has 0 saturated carbocycles. The maximum Gasteiger partial charge on any atom is 0.244 e. The lowest BCUT2D eigenvalue weighted by Gasteiger charge is -2.11. The van der Waals surface area contributed by atoms with Crippen LogP contribution in [0.15, 0.2) is 53.9 Å². The first-order chi connectivity index (χ1) is 16.1. The Morgan fingerprint density at radius 1 is 1.03 bits per heavy atom. The summed E-state index contributed by atoms with van der Waals surface area (Å²) in [5.74, 6) is 1.86. The Kier molecular flexibility index (Phi) is 6.20. The van der Waals surface area contributed by atoms with Gasteiger partial charge in [-0.2, -0.15) is 0 Å². The molecular weight excluding hydrogens is 450 g/mol. The zero-order valence-corrected chi connectivity index (χ0v) is 20.1. The molecule has 0 fully saturated rings. The number of hydrogen-bond donors (Lipinski definition) is 1. The standard InChI is InChI=1S/C25H25N5OS2/c1-17-6-8-18(9-7-17)21-16-33-25(32)30(21)15-23(31)26-20-12-10-19(11-13-20)24-28-27-22-5-3-2-4-14-29(22)24/h6-13,16H,2-5,14-15H2,1H3,(H,26,31). The van der Waals surface area contributed by atoms with E-state index in [9.17, 15) is 4.79 Å². The molecule has 4 aromatic rings. The van der Waals surface area contributed by atoms with Gasteiger partial charge in [0.2, 0.25) is 5.91 Å². The SMILES string of the molecule is Cc1ccc(-c2csc(=S)n2CC(=O)Nc2ccc(-c3nnc4n3CCCCC4)cc2)cc1. The molecule has 1 amide bonds. The molecule has 5 rings (SSSR count). The zero-order chi connectivity index (χ0) is 22.8. The molecule has 8 heteroatoms. The van der Waals surface area contributed by atoms with Gasteiger partial charge in [0, 0.05) is 29.6 Å². The molecule has 2 aromatic carbocycles. The average Bonchev–Trinajstić information content (AvgIpc) is 3.29. The van der Waals surface area contributed by atoms with Crippen LogP contribution in [0, 0.1) is 10.9 Å². The molecule has 6 nitrogen and oxygen atoms in total. The number of anilines is 1. The summed E-state index contributed by atoms with van der Waals surface area (Å²) >= 11 is 6.96. The van der Waals surface area contributed by atoms with Crippen molar-refractivity contribution in [2.45, 2.75) is 45.7 Å². The lowest BCUT2D eigenvalue weighted by molar-refractivity contribution is -0.116. The van der Waals surface area contributed by atoms with Crippen molar-refractivity contribution in [2.24, 2.45) is 0 Å². The fraction of sp³-hybridized carbons (Fsp3) is 0.280. The molecule has 1 aliphatic rings. The van der Waals surface area contributed by atoms with Crippen molar-refractivity contribution in [1.29, 1.82) is 0 Å². The van der Waals surface area contributed by atoms with E-state index < -0.39 is 0 Å². The molecule has 3 heterocycles. The van der Waals surface area contributed by atoms with Gasteiger partial charge in [-0.15, -0.1) is 21.5 Å². The number of aromatic nitrogens is 4. The third-order valence-electron chi connectivity index (χ3n) is 5.97. The zero-order valence-electron chi connectivity index (χ0n) is 18.5.